The first-order valence-electron chi connectivity index (χ1n) is 8.76. The van der Waals surface area contributed by atoms with Crippen molar-refractivity contribution in [1.29, 1.82) is 0 Å². The van der Waals surface area contributed by atoms with Gasteiger partial charge >= 0.3 is 6.03 Å². The molecule has 8 heteroatoms. The molecule has 1 aromatic carbocycles. The summed E-state index contributed by atoms with van der Waals surface area (Å²) in [7, 11) is 1.53. The van der Waals surface area contributed by atoms with E-state index in [2.05, 4.69) is 10.6 Å². The van der Waals surface area contributed by atoms with Crippen LogP contribution in [-0.2, 0) is 16.0 Å². The Morgan fingerprint density at radius 1 is 1.31 bits per heavy atom. The molecule has 2 atom stereocenters. The number of nitrogens with one attached hydrogen (secondary N) is 3. The van der Waals surface area contributed by atoms with Crippen molar-refractivity contribution in [1.82, 2.24) is 21.0 Å². The molecule has 142 valence electrons. The summed E-state index contributed by atoms with van der Waals surface area (Å²) in [4.78, 5) is 38.3. The van der Waals surface area contributed by atoms with E-state index in [0.29, 0.717) is 32.5 Å². The molecule has 0 bridgehead atoms. The summed E-state index contributed by atoms with van der Waals surface area (Å²) >= 11 is 0. The lowest BCUT2D eigenvalue weighted by molar-refractivity contribution is -0.136. The van der Waals surface area contributed by atoms with Crippen LogP contribution in [0.5, 0.6) is 0 Å². The third kappa shape index (κ3) is 5.27. The Bertz CT molecular complexity index is 623. The number of rotatable bonds is 7. The van der Waals surface area contributed by atoms with E-state index in [-0.39, 0.29) is 18.2 Å². The Hall–Kier alpha value is -2.45. The molecule has 0 saturated carbocycles. The van der Waals surface area contributed by atoms with Crippen LogP contribution in [0.3, 0.4) is 0 Å². The minimum Gasteiger partial charge on any atom is -0.341 e. The lowest BCUT2D eigenvalue weighted by atomic mass is 9.87. The number of hydrogen-bond donors (Lipinski definition) is 4. The van der Waals surface area contributed by atoms with E-state index in [9.17, 15) is 14.4 Å². The van der Waals surface area contributed by atoms with Crippen molar-refractivity contribution in [3.8, 4) is 0 Å². The van der Waals surface area contributed by atoms with Crippen LogP contribution in [0.15, 0.2) is 30.3 Å². The Morgan fingerprint density at radius 2 is 2.04 bits per heavy atom. The molecule has 26 heavy (non-hydrogen) atoms. The molecule has 4 N–H and O–H groups in total. The van der Waals surface area contributed by atoms with Gasteiger partial charge in [0.1, 0.15) is 6.04 Å². The first-order chi connectivity index (χ1) is 12.6. The molecule has 0 radical (unpaired) electrons. The lowest BCUT2D eigenvalue weighted by Crippen LogP contribution is -2.60. The average molecular weight is 362 g/mol. The summed E-state index contributed by atoms with van der Waals surface area (Å²) in [5.41, 5.74) is 2.67. The second-order valence-corrected chi connectivity index (χ2v) is 6.33. The Kier molecular flexibility index (Phi) is 7.55. The predicted octanol–water partition coefficient (Wildman–Crippen LogP) is 0.313. The minimum atomic E-state index is -0.629. The third-order valence-corrected chi connectivity index (χ3v) is 4.63. The fourth-order valence-corrected chi connectivity index (χ4v) is 3.22. The first-order valence-corrected chi connectivity index (χ1v) is 8.76. The molecule has 2 rings (SSSR count). The first kappa shape index (κ1) is 19.9. The Morgan fingerprint density at radius 3 is 2.69 bits per heavy atom. The molecule has 0 aromatic heterocycles. The van der Waals surface area contributed by atoms with Gasteiger partial charge in [0.15, 0.2) is 5.78 Å². The van der Waals surface area contributed by atoms with Gasteiger partial charge in [0.25, 0.3) is 0 Å². The molecule has 0 spiro atoms. The fraction of sp³-hybridized carbons (Fsp3) is 0.500. The number of nitrogens with zero attached hydrogens (tertiary/aromatic N) is 1. The molecule has 3 amide bonds. The second kappa shape index (κ2) is 9.88. The molecular formula is C18H26N4O4. The number of urea groups is 1. The number of benzene rings is 1. The molecule has 8 nitrogen and oxygen atoms in total. The van der Waals surface area contributed by atoms with E-state index >= 15 is 0 Å². The average Bonchev–Trinajstić information content (AvgIpc) is 2.70. The van der Waals surface area contributed by atoms with Gasteiger partial charge in [-0.25, -0.2) is 10.3 Å². The molecule has 1 fully saturated rings. The van der Waals surface area contributed by atoms with Crippen LogP contribution >= 0.6 is 0 Å². The smallest absolute Gasteiger partial charge is 0.317 e. The number of piperazine rings is 1. The van der Waals surface area contributed by atoms with Gasteiger partial charge in [-0.1, -0.05) is 30.3 Å². The van der Waals surface area contributed by atoms with Crippen LogP contribution in [0.4, 0.5) is 4.79 Å². The van der Waals surface area contributed by atoms with Crippen LogP contribution < -0.4 is 16.1 Å². The van der Waals surface area contributed by atoms with Gasteiger partial charge in [-0.15, -0.1) is 0 Å². The highest BCUT2D eigenvalue weighted by Crippen LogP contribution is 2.19. The van der Waals surface area contributed by atoms with Crippen molar-refractivity contribution in [3.63, 3.8) is 0 Å². The highest BCUT2D eigenvalue weighted by Gasteiger charge is 2.36. The Balaban J connectivity index is 2.12. The second-order valence-electron chi connectivity index (χ2n) is 6.33. The van der Waals surface area contributed by atoms with Gasteiger partial charge < -0.3 is 15.5 Å². The van der Waals surface area contributed by atoms with Gasteiger partial charge in [0, 0.05) is 39.0 Å². The van der Waals surface area contributed by atoms with E-state index in [1.165, 1.54) is 11.9 Å². The number of hydroxylamine groups is 1. The maximum atomic E-state index is 13.1. The van der Waals surface area contributed by atoms with Crippen molar-refractivity contribution in [2.75, 3.05) is 26.7 Å². The maximum absolute atomic E-state index is 13.1. The standard InChI is InChI=1S/C18H26N4O4/c1-19-18(25)22-10-9-20-12-15(22)17(24)14(11-16(23)21-26)8-7-13-5-3-2-4-6-13/h2-6,14-15,20,26H,7-12H2,1H3,(H,19,25)(H,21,23)/t14-,15+/m1/s1. The maximum Gasteiger partial charge on any atom is 0.317 e. The van der Waals surface area contributed by atoms with Crippen molar-refractivity contribution >= 4 is 17.7 Å². The monoisotopic (exact) mass is 362 g/mol. The minimum absolute atomic E-state index is 0.111. The number of carbonyl (C=O) groups excluding carboxylic acids is 3. The summed E-state index contributed by atoms with van der Waals surface area (Å²) < 4.78 is 0. The van der Waals surface area contributed by atoms with E-state index in [0.717, 1.165) is 5.56 Å². The van der Waals surface area contributed by atoms with Gasteiger partial charge in [0.2, 0.25) is 5.91 Å². The molecular weight excluding hydrogens is 336 g/mol. The van der Waals surface area contributed by atoms with E-state index in [1.54, 1.807) is 5.48 Å². The van der Waals surface area contributed by atoms with Crippen LogP contribution in [0.1, 0.15) is 18.4 Å². The van der Waals surface area contributed by atoms with E-state index in [1.807, 2.05) is 30.3 Å². The van der Waals surface area contributed by atoms with Crippen LogP contribution in [0.25, 0.3) is 0 Å². The molecule has 1 saturated heterocycles. The highest BCUT2D eigenvalue weighted by atomic mass is 16.5. The molecule has 0 unspecified atom stereocenters. The molecule has 1 aliphatic heterocycles. The predicted molar refractivity (Wildman–Crippen MR) is 95.6 cm³/mol. The lowest BCUT2D eigenvalue weighted by Gasteiger charge is -2.36. The van der Waals surface area contributed by atoms with Crippen LogP contribution in [0.2, 0.25) is 0 Å². The zero-order valence-corrected chi connectivity index (χ0v) is 14.9. The van der Waals surface area contributed by atoms with Crippen molar-refractivity contribution in [3.05, 3.63) is 35.9 Å². The fourth-order valence-electron chi connectivity index (χ4n) is 3.22. The molecule has 1 heterocycles. The SMILES string of the molecule is CNC(=O)N1CCNC[C@H]1C(=O)[C@H](CCc1ccccc1)CC(=O)NO. The number of aryl methyl sites for hydroxylation is 1. The largest absolute Gasteiger partial charge is 0.341 e. The number of amides is 3. The summed E-state index contributed by atoms with van der Waals surface area (Å²) in [6.45, 7) is 1.39. The van der Waals surface area contributed by atoms with Crippen LogP contribution in [-0.4, -0.2) is 60.6 Å². The van der Waals surface area contributed by atoms with Crippen molar-refractivity contribution < 1.29 is 19.6 Å². The van der Waals surface area contributed by atoms with Crippen molar-refractivity contribution in [2.45, 2.75) is 25.3 Å². The topological polar surface area (TPSA) is 111 Å². The van der Waals surface area contributed by atoms with Gasteiger partial charge in [-0.2, -0.15) is 0 Å². The van der Waals surface area contributed by atoms with Gasteiger partial charge in [-0.3, -0.25) is 14.8 Å². The quantitative estimate of drug-likeness (QED) is 0.412. The molecule has 0 aliphatic carbocycles. The summed E-state index contributed by atoms with van der Waals surface area (Å²) in [5, 5.41) is 14.5. The zero-order valence-electron chi connectivity index (χ0n) is 14.9. The number of Topliss-reactive ketones (excluding diaryl/α,β-unsaturated/α-hetero) is 1. The summed E-state index contributed by atoms with van der Waals surface area (Å²) in [6, 6.07) is 8.75. The normalized spacial score (nSPS) is 18.1. The zero-order chi connectivity index (χ0) is 18.9. The molecule has 1 aromatic rings. The van der Waals surface area contributed by atoms with E-state index in [4.69, 9.17) is 5.21 Å². The van der Waals surface area contributed by atoms with Gasteiger partial charge in [-0.05, 0) is 18.4 Å². The summed E-state index contributed by atoms with van der Waals surface area (Å²) in [5.74, 6) is -1.36. The number of ketones is 1. The molecule has 1 aliphatic rings. The third-order valence-electron chi connectivity index (χ3n) is 4.63. The van der Waals surface area contributed by atoms with Gasteiger partial charge in [0.05, 0.1) is 0 Å². The Labute approximate surface area is 152 Å². The summed E-state index contributed by atoms with van der Waals surface area (Å²) in [6.07, 6.45) is 0.991. The van der Waals surface area contributed by atoms with E-state index < -0.39 is 17.9 Å². The highest BCUT2D eigenvalue weighted by molar-refractivity contribution is 5.93. The number of carbonyl (C=O) groups is 3. The van der Waals surface area contributed by atoms with Crippen LogP contribution in [0, 0.1) is 5.92 Å². The number of hydrogen-bond acceptors (Lipinski definition) is 5. The van der Waals surface area contributed by atoms with Crippen molar-refractivity contribution in [2.24, 2.45) is 5.92 Å².